The number of aromatic amines is 1. The largest absolute Gasteiger partial charge is 0.463 e. The minimum Gasteiger partial charge on any atom is -0.463 e. The molecular formula is C26H24N2O4S2. The number of H-pyrrole nitrogens is 1. The normalized spacial score (nSPS) is 16.1. The van der Waals surface area contributed by atoms with Crippen LogP contribution in [0.1, 0.15) is 28.8 Å². The molecule has 0 spiro atoms. The molecule has 1 aliphatic rings. The molecule has 1 aliphatic heterocycles. The summed E-state index contributed by atoms with van der Waals surface area (Å²) in [7, 11) is -3.91. The highest BCUT2D eigenvalue weighted by Gasteiger charge is 2.38. The van der Waals surface area contributed by atoms with Gasteiger partial charge in [-0.1, -0.05) is 48.0 Å². The van der Waals surface area contributed by atoms with Crippen molar-refractivity contribution < 1.29 is 17.9 Å². The minimum absolute atomic E-state index is 0.00601. The number of anilines is 1. The number of aromatic nitrogens is 1. The molecule has 0 radical (unpaired) electrons. The van der Waals surface area contributed by atoms with Gasteiger partial charge in [0.1, 0.15) is 5.82 Å². The summed E-state index contributed by atoms with van der Waals surface area (Å²) in [5.41, 5.74) is 2.98. The van der Waals surface area contributed by atoms with Crippen LogP contribution in [-0.4, -0.2) is 32.5 Å². The topological polar surface area (TPSA) is 79.5 Å². The molecule has 1 atom stereocenters. The Labute approximate surface area is 202 Å². The standard InChI is InChI=1S/C26H24N2O4S2/c1-3-32-26(29)20-14-15-28(34(30,31)18-12-10-17(2)11-13-18)25-24(23(20)22-9-6-16-33-22)19-7-4-5-8-21(19)27-25/h4-14,16,23,27H,3,15H2,1-2H3. The van der Waals surface area contributed by atoms with Crippen LogP contribution in [0.15, 0.2) is 82.6 Å². The third-order valence-corrected chi connectivity index (χ3v) is 8.72. The summed E-state index contributed by atoms with van der Waals surface area (Å²) in [6.45, 7) is 3.92. The zero-order valence-corrected chi connectivity index (χ0v) is 20.4. The number of carbonyl (C=O) groups excluding carboxylic acids is 1. The zero-order valence-electron chi connectivity index (χ0n) is 18.8. The number of hydrogen-bond donors (Lipinski definition) is 1. The fourth-order valence-electron chi connectivity index (χ4n) is 4.41. The molecule has 34 heavy (non-hydrogen) atoms. The highest BCUT2D eigenvalue weighted by Crippen LogP contribution is 2.46. The summed E-state index contributed by atoms with van der Waals surface area (Å²) in [6.07, 6.45) is 1.69. The van der Waals surface area contributed by atoms with Crippen molar-refractivity contribution >= 4 is 44.1 Å². The summed E-state index contributed by atoms with van der Waals surface area (Å²) in [5, 5.41) is 2.83. The average molecular weight is 493 g/mol. The molecule has 8 heteroatoms. The fraction of sp³-hybridized carbons (Fsp3) is 0.192. The summed E-state index contributed by atoms with van der Waals surface area (Å²) in [5.74, 6) is -0.425. The highest BCUT2D eigenvalue weighted by molar-refractivity contribution is 7.92. The molecule has 0 aliphatic carbocycles. The first-order valence-electron chi connectivity index (χ1n) is 11.0. The molecule has 5 rings (SSSR count). The number of nitrogens with one attached hydrogen (secondary N) is 1. The van der Waals surface area contributed by atoms with Crippen LogP contribution in [0.2, 0.25) is 0 Å². The van der Waals surface area contributed by atoms with Gasteiger partial charge in [0.2, 0.25) is 0 Å². The number of hydrogen-bond acceptors (Lipinski definition) is 5. The Hall–Kier alpha value is -3.36. The van der Waals surface area contributed by atoms with Crippen LogP contribution < -0.4 is 4.31 Å². The molecule has 0 saturated carbocycles. The van der Waals surface area contributed by atoms with Gasteiger partial charge in [-0.3, -0.25) is 0 Å². The Bertz CT molecular complexity index is 1480. The number of fused-ring (bicyclic) bond motifs is 3. The van der Waals surface area contributed by atoms with Crippen LogP contribution in [0.5, 0.6) is 0 Å². The van der Waals surface area contributed by atoms with E-state index in [0.29, 0.717) is 11.4 Å². The summed E-state index contributed by atoms with van der Waals surface area (Å²) < 4.78 is 34.5. The lowest BCUT2D eigenvalue weighted by Gasteiger charge is -2.23. The zero-order chi connectivity index (χ0) is 23.9. The van der Waals surface area contributed by atoms with Gasteiger partial charge >= 0.3 is 5.97 Å². The highest BCUT2D eigenvalue weighted by atomic mass is 32.2. The smallest absolute Gasteiger partial charge is 0.334 e. The predicted molar refractivity (Wildman–Crippen MR) is 135 cm³/mol. The van der Waals surface area contributed by atoms with Crippen LogP contribution in [0.25, 0.3) is 10.9 Å². The third kappa shape index (κ3) is 3.73. The van der Waals surface area contributed by atoms with Crippen molar-refractivity contribution in [2.24, 2.45) is 0 Å². The Morgan fingerprint density at radius 3 is 2.59 bits per heavy atom. The van der Waals surface area contributed by atoms with E-state index in [2.05, 4.69) is 4.98 Å². The molecule has 0 bridgehead atoms. The quantitative estimate of drug-likeness (QED) is 0.380. The average Bonchev–Trinajstić information content (AvgIpc) is 3.44. The number of para-hydroxylation sites is 1. The lowest BCUT2D eigenvalue weighted by molar-refractivity contribution is -0.138. The molecule has 2 aromatic carbocycles. The lowest BCUT2D eigenvalue weighted by atomic mass is 9.89. The van der Waals surface area contributed by atoms with E-state index in [1.807, 2.05) is 48.7 Å². The van der Waals surface area contributed by atoms with Crippen molar-refractivity contribution in [3.8, 4) is 0 Å². The molecule has 0 amide bonds. The van der Waals surface area contributed by atoms with Gasteiger partial charge < -0.3 is 9.72 Å². The van der Waals surface area contributed by atoms with Crippen LogP contribution in [0, 0.1) is 6.92 Å². The molecule has 0 saturated heterocycles. The first-order chi connectivity index (χ1) is 16.4. The lowest BCUT2D eigenvalue weighted by Crippen LogP contribution is -2.31. The van der Waals surface area contributed by atoms with Gasteiger partial charge in [0, 0.05) is 26.9 Å². The third-order valence-electron chi connectivity index (χ3n) is 6.00. The van der Waals surface area contributed by atoms with Crippen LogP contribution in [0.4, 0.5) is 5.82 Å². The van der Waals surface area contributed by atoms with Gasteiger partial charge in [-0.05, 0) is 43.5 Å². The van der Waals surface area contributed by atoms with Crippen molar-refractivity contribution in [1.29, 1.82) is 0 Å². The number of nitrogens with zero attached hydrogens (tertiary/aromatic N) is 1. The van der Waals surface area contributed by atoms with Gasteiger partial charge in [0.05, 0.1) is 24.0 Å². The number of thiophene rings is 1. The maximum atomic E-state index is 13.8. The molecule has 174 valence electrons. The predicted octanol–water partition coefficient (Wildman–Crippen LogP) is 5.37. The monoisotopic (exact) mass is 492 g/mol. The number of benzene rings is 2. The maximum Gasteiger partial charge on any atom is 0.334 e. The number of carbonyl (C=O) groups is 1. The molecule has 1 unspecified atom stereocenters. The number of aryl methyl sites for hydroxylation is 1. The summed E-state index contributed by atoms with van der Waals surface area (Å²) in [4.78, 5) is 17.6. The van der Waals surface area contributed by atoms with Crippen molar-refractivity contribution in [3.63, 3.8) is 0 Å². The summed E-state index contributed by atoms with van der Waals surface area (Å²) in [6, 6.07) is 18.4. The van der Waals surface area contributed by atoms with Crippen LogP contribution in [0.3, 0.4) is 0 Å². The van der Waals surface area contributed by atoms with Crippen molar-refractivity contribution in [3.05, 3.63) is 93.7 Å². The Balaban J connectivity index is 1.79. The van der Waals surface area contributed by atoms with Crippen LogP contribution >= 0.6 is 11.3 Å². The molecule has 1 N–H and O–H groups in total. The second-order valence-corrected chi connectivity index (χ2v) is 11.0. The van der Waals surface area contributed by atoms with E-state index in [4.69, 9.17) is 4.74 Å². The molecule has 6 nitrogen and oxygen atoms in total. The van der Waals surface area contributed by atoms with E-state index in [0.717, 1.165) is 26.9 Å². The Morgan fingerprint density at radius 2 is 1.88 bits per heavy atom. The maximum absolute atomic E-state index is 13.8. The molecular weight excluding hydrogens is 468 g/mol. The molecule has 4 aromatic rings. The first-order valence-corrected chi connectivity index (χ1v) is 13.3. The number of sulfonamides is 1. The Kier molecular flexibility index (Phi) is 5.79. The second-order valence-electron chi connectivity index (χ2n) is 8.11. The first kappa shape index (κ1) is 22.4. The number of rotatable bonds is 5. The van der Waals surface area contributed by atoms with Gasteiger partial charge in [-0.15, -0.1) is 11.3 Å². The summed E-state index contributed by atoms with van der Waals surface area (Å²) >= 11 is 1.53. The second kappa shape index (κ2) is 8.77. The van der Waals surface area contributed by atoms with Crippen molar-refractivity contribution in [1.82, 2.24) is 4.98 Å². The van der Waals surface area contributed by atoms with E-state index < -0.39 is 21.9 Å². The minimum atomic E-state index is -3.91. The number of esters is 1. The van der Waals surface area contributed by atoms with Crippen molar-refractivity contribution in [2.45, 2.75) is 24.7 Å². The van der Waals surface area contributed by atoms with Gasteiger partial charge in [0.15, 0.2) is 0 Å². The van der Waals surface area contributed by atoms with Gasteiger partial charge in [-0.25, -0.2) is 17.5 Å². The van der Waals surface area contributed by atoms with E-state index in [1.165, 1.54) is 15.6 Å². The van der Waals surface area contributed by atoms with E-state index >= 15 is 0 Å². The molecule has 0 fully saturated rings. The van der Waals surface area contributed by atoms with Crippen molar-refractivity contribution in [2.75, 3.05) is 17.5 Å². The van der Waals surface area contributed by atoms with E-state index in [-0.39, 0.29) is 18.0 Å². The Morgan fingerprint density at radius 1 is 1.12 bits per heavy atom. The van der Waals surface area contributed by atoms with Crippen LogP contribution in [-0.2, 0) is 19.6 Å². The molecule has 3 heterocycles. The SMILES string of the molecule is CCOC(=O)C1=CCN(S(=O)(=O)c2ccc(C)cc2)c2[nH]c3ccccc3c2C1c1cccs1. The van der Waals surface area contributed by atoms with E-state index in [9.17, 15) is 13.2 Å². The van der Waals surface area contributed by atoms with Gasteiger partial charge in [-0.2, -0.15) is 0 Å². The number of ether oxygens (including phenoxy) is 1. The van der Waals surface area contributed by atoms with E-state index in [1.54, 1.807) is 37.3 Å². The molecule has 2 aromatic heterocycles. The fourth-order valence-corrected chi connectivity index (χ4v) is 6.65. The van der Waals surface area contributed by atoms with Gasteiger partial charge in [0.25, 0.3) is 10.0 Å².